The first-order chi connectivity index (χ1) is 8.48. The van der Waals surface area contributed by atoms with Gasteiger partial charge in [-0.05, 0) is 13.8 Å². The van der Waals surface area contributed by atoms with Crippen molar-refractivity contribution in [3.63, 3.8) is 0 Å². The van der Waals surface area contributed by atoms with Crippen molar-refractivity contribution in [1.82, 2.24) is 4.90 Å². The second-order valence-corrected chi connectivity index (χ2v) is 6.80. The second kappa shape index (κ2) is 7.10. The summed E-state index contributed by atoms with van der Waals surface area (Å²) in [5.74, 6) is 1.17. The van der Waals surface area contributed by atoms with Crippen LogP contribution in [0.1, 0.15) is 27.2 Å². The summed E-state index contributed by atoms with van der Waals surface area (Å²) in [6.45, 7) is 8.51. The normalized spacial score (nSPS) is 29.5. The van der Waals surface area contributed by atoms with E-state index in [2.05, 4.69) is 25.7 Å². The van der Waals surface area contributed by atoms with Crippen molar-refractivity contribution in [1.29, 1.82) is 0 Å². The summed E-state index contributed by atoms with van der Waals surface area (Å²) in [7, 11) is 3.37. The molecule has 0 saturated carbocycles. The fraction of sp³-hybridized carbons (Fsp3) is 1.00. The molecule has 0 amide bonds. The lowest BCUT2D eigenvalue weighted by molar-refractivity contribution is -0.131. The molecule has 0 bridgehead atoms. The Balaban J connectivity index is 2.78. The van der Waals surface area contributed by atoms with Crippen LogP contribution in [-0.2, 0) is 9.47 Å². The molecule has 0 aromatic rings. The third kappa shape index (κ3) is 3.61. The highest BCUT2D eigenvalue weighted by molar-refractivity contribution is 8.00. The summed E-state index contributed by atoms with van der Waals surface area (Å²) >= 11 is 2.04. The summed E-state index contributed by atoms with van der Waals surface area (Å²) in [5, 5.41) is 0.646. The fourth-order valence-electron chi connectivity index (χ4n) is 2.63. The Bertz CT molecular complexity index is 251. The lowest BCUT2D eigenvalue weighted by Crippen LogP contribution is -2.61. The molecule has 108 valence electrons. The van der Waals surface area contributed by atoms with Crippen molar-refractivity contribution < 1.29 is 9.47 Å². The minimum atomic E-state index is -0.185. The van der Waals surface area contributed by atoms with Crippen molar-refractivity contribution in [2.75, 3.05) is 33.1 Å². The molecule has 0 spiro atoms. The van der Waals surface area contributed by atoms with E-state index in [1.807, 2.05) is 11.8 Å². The minimum Gasteiger partial charge on any atom is -0.356 e. The van der Waals surface area contributed by atoms with Crippen LogP contribution < -0.4 is 5.73 Å². The van der Waals surface area contributed by atoms with Crippen LogP contribution >= 0.6 is 11.8 Å². The van der Waals surface area contributed by atoms with E-state index in [9.17, 15) is 0 Å². The van der Waals surface area contributed by atoms with E-state index in [4.69, 9.17) is 15.2 Å². The minimum absolute atomic E-state index is 0.0641. The molecule has 1 aliphatic rings. The summed E-state index contributed by atoms with van der Waals surface area (Å²) < 4.78 is 10.7. The zero-order valence-electron chi connectivity index (χ0n) is 12.3. The van der Waals surface area contributed by atoms with Gasteiger partial charge in [-0.15, -0.1) is 0 Å². The van der Waals surface area contributed by atoms with Crippen LogP contribution in [0.15, 0.2) is 0 Å². The van der Waals surface area contributed by atoms with Crippen molar-refractivity contribution >= 4 is 11.8 Å². The Morgan fingerprint density at radius 2 is 2.00 bits per heavy atom. The van der Waals surface area contributed by atoms with E-state index >= 15 is 0 Å². The average molecular weight is 276 g/mol. The highest BCUT2D eigenvalue weighted by atomic mass is 32.2. The monoisotopic (exact) mass is 276 g/mol. The van der Waals surface area contributed by atoms with Gasteiger partial charge in [0.2, 0.25) is 0 Å². The second-order valence-electron chi connectivity index (χ2n) is 5.32. The first-order valence-electron chi connectivity index (χ1n) is 6.62. The quantitative estimate of drug-likeness (QED) is 0.746. The van der Waals surface area contributed by atoms with E-state index in [0.29, 0.717) is 17.8 Å². The van der Waals surface area contributed by atoms with Crippen LogP contribution in [0.3, 0.4) is 0 Å². The molecule has 0 aromatic carbocycles. The van der Waals surface area contributed by atoms with Gasteiger partial charge in [-0.2, -0.15) is 11.8 Å². The maximum atomic E-state index is 6.04. The molecule has 1 heterocycles. The molecular weight excluding hydrogens is 248 g/mol. The van der Waals surface area contributed by atoms with Gasteiger partial charge in [0.1, 0.15) is 0 Å². The number of thioether (sulfide) groups is 1. The van der Waals surface area contributed by atoms with E-state index in [1.54, 1.807) is 14.2 Å². The topological polar surface area (TPSA) is 47.7 Å². The Morgan fingerprint density at radius 3 is 2.50 bits per heavy atom. The van der Waals surface area contributed by atoms with Gasteiger partial charge in [-0.25, -0.2) is 0 Å². The van der Waals surface area contributed by atoms with Gasteiger partial charge >= 0.3 is 0 Å². The predicted octanol–water partition coefficient (Wildman–Crippen LogP) is 1.54. The number of hydrogen-bond donors (Lipinski definition) is 1. The molecule has 1 rings (SSSR count). The van der Waals surface area contributed by atoms with Crippen LogP contribution in [0.4, 0.5) is 0 Å². The summed E-state index contributed by atoms with van der Waals surface area (Å²) in [5.41, 5.74) is 5.98. The zero-order chi connectivity index (χ0) is 13.8. The number of nitrogens with zero attached hydrogens (tertiary/aromatic N) is 1. The Hall–Kier alpha value is 0.190. The van der Waals surface area contributed by atoms with E-state index < -0.39 is 0 Å². The number of nitrogens with two attached hydrogens (primary N) is 1. The van der Waals surface area contributed by atoms with Gasteiger partial charge in [0.15, 0.2) is 6.29 Å². The third-order valence-corrected chi connectivity index (χ3v) is 5.49. The molecule has 0 radical (unpaired) electrons. The first-order valence-corrected chi connectivity index (χ1v) is 7.67. The lowest BCUT2D eigenvalue weighted by Gasteiger charge is -2.49. The molecule has 3 atom stereocenters. The van der Waals surface area contributed by atoms with Gasteiger partial charge < -0.3 is 15.2 Å². The fourth-order valence-corrected chi connectivity index (χ4v) is 3.73. The molecular formula is C13H28N2O2S. The standard InChI is InChI=1S/C13H28N2O2S/c1-10-11(2)18-7-6-15(10)13(3,9-14)8-12(16-4)17-5/h10-12H,6-9,14H2,1-5H3. The van der Waals surface area contributed by atoms with E-state index in [1.165, 1.54) is 5.75 Å². The number of rotatable bonds is 6. The highest BCUT2D eigenvalue weighted by Crippen LogP contribution is 2.32. The molecule has 0 aliphatic carbocycles. The van der Waals surface area contributed by atoms with Crippen LogP contribution in [0, 0.1) is 0 Å². The van der Waals surface area contributed by atoms with Crippen LogP contribution in [0.2, 0.25) is 0 Å². The van der Waals surface area contributed by atoms with E-state index in [0.717, 1.165) is 13.0 Å². The van der Waals surface area contributed by atoms with Crippen molar-refractivity contribution in [2.45, 2.75) is 50.3 Å². The summed E-state index contributed by atoms with van der Waals surface area (Å²) in [6, 6.07) is 0.534. The summed E-state index contributed by atoms with van der Waals surface area (Å²) in [4.78, 5) is 2.53. The van der Waals surface area contributed by atoms with Crippen molar-refractivity contribution in [3.8, 4) is 0 Å². The largest absolute Gasteiger partial charge is 0.356 e. The molecule has 1 aliphatic heterocycles. The molecule has 5 heteroatoms. The Kier molecular flexibility index (Phi) is 6.41. The van der Waals surface area contributed by atoms with Crippen LogP contribution in [-0.4, -0.2) is 61.1 Å². The number of methoxy groups -OCH3 is 2. The Labute approximate surface area is 116 Å². The van der Waals surface area contributed by atoms with Crippen molar-refractivity contribution in [3.05, 3.63) is 0 Å². The van der Waals surface area contributed by atoms with Crippen molar-refractivity contribution in [2.24, 2.45) is 5.73 Å². The SMILES string of the molecule is COC(CC(C)(CN)N1CCSC(C)C1C)OC. The van der Waals surface area contributed by atoms with Gasteiger partial charge in [-0.3, -0.25) is 4.90 Å². The number of ether oxygens (including phenoxy) is 2. The highest BCUT2D eigenvalue weighted by Gasteiger charge is 2.39. The van der Waals surface area contributed by atoms with Crippen LogP contribution in [0.5, 0.6) is 0 Å². The van der Waals surface area contributed by atoms with Gasteiger partial charge in [-0.1, -0.05) is 6.92 Å². The summed E-state index contributed by atoms with van der Waals surface area (Å²) in [6.07, 6.45) is 0.619. The smallest absolute Gasteiger partial charge is 0.158 e. The lowest BCUT2D eigenvalue weighted by atomic mass is 9.92. The third-order valence-electron chi connectivity index (χ3n) is 4.15. The molecule has 1 fully saturated rings. The van der Waals surface area contributed by atoms with Gasteiger partial charge in [0.05, 0.1) is 0 Å². The molecule has 3 unspecified atom stereocenters. The van der Waals surface area contributed by atoms with Gasteiger partial charge in [0.25, 0.3) is 0 Å². The maximum absolute atomic E-state index is 6.04. The maximum Gasteiger partial charge on any atom is 0.158 e. The van der Waals surface area contributed by atoms with Crippen LogP contribution in [0.25, 0.3) is 0 Å². The zero-order valence-corrected chi connectivity index (χ0v) is 13.1. The van der Waals surface area contributed by atoms with E-state index in [-0.39, 0.29) is 11.8 Å². The molecule has 2 N–H and O–H groups in total. The Morgan fingerprint density at radius 1 is 1.39 bits per heavy atom. The van der Waals surface area contributed by atoms with Gasteiger partial charge in [0, 0.05) is 56.3 Å². The molecule has 18 heavy (non-hydrogen) atoms. The first kappa shape index (κ1) is 16.2. The molecule has 0 aromatic heterocycles. The average Bonchev–Trinajstić information content (AvgIpc) is 2.39. The molecule has 4 nitrogen and oxygen atoms in total. The predicted molar refractivity (Wildman–Crippen MR) is 78.0 cm³/mol. The molecule has 1 saturated heterocycles. The number of hydrogen-bond acceptors (Lipinski definition) is 5.